The number of halogens is 1. The van der Waals surface area contributed by atoms with Crippen molar-refractivity contribution in [1.29, 1.82) is 0 Å². The summed E-state index contributed by atoms with van der Waals surface area (Å²) in [5, 5.41) is 7.50. The third-order valence-electron chi connectivity index (χ3n) is 1.86. The zero-order chi connectivity index (χ0) is 8.48. The van der Waals surface area contributed by atoms with Gasteiger partial charge in [-0.2, -0.15) is 0 Å². The van der Waals surface area contributed by atoms with Crippen LogP contribution in [0.15, 0.2) is 4.42 Å². The molecule has 11 heavy (non-hydrogen) atoms. The highest BCUT2D eigenvalue weighted by atomic mass is 35.5. The summed E-state index contributed by atoms with van der Waals surface area (Å²) in [7, 11) is 0. The fraction of sp³-hybridized carbons (Fsp3) is 0.714. The molecule has 62 valence electrons. The Kier molecular flexibility index (Phi) is 2.18. The monoisotopic (exact) mass is 174 g/mol. The second-order valence-corrected chi connectivity index (χ2v) is 3.42. The molecular weight excluding hydrogens is 164 g/mol. The Morgan fingerprint density at radius 2 is 2.09 bits per heavy atom. The molecule has 0 spiro atoms. The van der Waals surface area contributed by atoms with E-state index in [0.29, 0.717) is 5.89 Å². The van der Waals surface area contributed by atoms with Crippen LogP contribution in [-0.4, -0.2) is 10.2 Å². The van der Waals surface area contributed by atoms with E-state index < -0.39 is 0 Å². The molecule has 1 aromatic rings. The minimum Gasteiger partial charge on any atom is -0.412 e. The lowest BCUT2D eigenvalue weighted by Crippen LogP contribution is -2.15. The van der Waals surface area contributed by atoms with Gasteiger partial charge in [-0.1, -0.05) is 25.9 Å². The number of aromatic nitrogens is 2. The molecule has 0 atom stereocenters. The highest BCUT2D eigenvalue weighted by Crippen LogP contribution is 2.25. The van der Waals surface area contributed by atoms with E-state index in [-0.39, 0.29) is 10.8 Å². The molecule has 0 amide bonds. The van der Waals surface area contributed by atoms with Crippen molar-refractivity contribution in [2.24, 2.45) is 0 Å². The first-order chi connectivity index (χ1) is 5.06. The molecule has 0 aromatic carbocycles. The van der Waals surface area contributed by atoms with Crippen molar-refractivity contribution in [1.82, 2.24) is 10.2 Å². The molecule has 0 fully saturated rings. The molecule has 0 aliphatic heterocycles. The van der Waals surface area contributed by atoms with Gasteiger partial charge < -0.3 is 4.42 Å². The molecule has 0 N–H and O–H groups in total. The Morgan fingerprint density at radius 1 is 1.45 bits per heavy atom. The topological polar surface area (TPSA) is 38.9 Å². The Labute approximate surface area is 70.8 Å². The minimum atomic E-state index is -0.0693. The highest BCUT2D eigenvalue weighted by Gasteiger charge is 2.24. The molecule has 0 radical (unpaired) electrons. The van der Waals surface area contributed by atoms with Gasteiger partial charge >= 0.3 is 5.35 Å². The standard InChI is InChI=1S/C7H11ClN2O/c1-4-7(2,3)5-9-10-6(8)11-5/h4H2,1-3H3. The SMILES string of the molecule is CCC(C)(C)c1nnc(Cl)o1. The van der Waals surface area contributed by atoms with Gasteiger partial charge in [0.05, 0.1) is 0 Å². The van der Waals surface area contributed by atoms with Crippen LogP contribution in [0.3, 0.4) is 0 Å². The number of hydrogen-bond donors (Lipinski definition) is 0. The largest absolute Gasteiger partial charge is 0.412 e. The summed E-state index contributed by atoms with van der Waals surface area (Å²) < 4.78 is 5.08. The quantitative estimate of drug-likeness (QED) is 0.691. The average Bonchev–Trinajstić information content (AvgIpc) is 2.36. The van der Waals surface area contributed by atoms with E-state index in [0.717, 1.165) is 6.42 Å². The van der Waals surface area contributed by atoms with Crippen molar-refractivity contribution in [3.8, 4) is 0 Å². The molecule has 0 aliphatic rings. The molecule has 4 heteroatoms. The van der Waals surface area contributed by atoms with Crippen LogP contribution in [0.4, 0.5) is 0 Å². The van der Waals surface area contributed by atoms with Crippen molar-refractivity contribution >= 4 is 11.6 Å². The van der Waals surface area contributed by atoms with E-state index in [4.69, 9.17) is 16.0 Å². The van der Waals surface area contributed by atoms with Crippen molar-refractivity contribution in [2.75, 3.05) is 0 Å². The van der Waals surface area contributed by atoms with Gasteiger partial charge in [0.2, 0.25) is 5.89 Å². The average molecular weight is 175 g/mol. The summed E-state index contributed by atoms with van der Waals surface area (Å²) in [4.78, 5) is 0. The molecular formula is C7H11ClN2O. The van der Waals surface area contributed by atoms with Crippen LogP contribution in [0.5, 0.6) is 0 Å². The zero-order valence-corrected chi connectivity index (χ0v) is 7.64. The van der Waals surface area contributed by atoms with Crippen LogP contribution in [0.1, 0.15) is 33.1 Å². The van der Waals surface area contributed by atoms with Crippen molar-refractivity contribution in [3.05, 3.63) is 11.2 Å². The van der Waals surface area contributed by atoms with Crippen molar-refractivity contribution < 1.29 is 4.42 Å². The summed E-state index contributed by atoms with van der Waals surface area (Å²) >= 11 is 5.48. The van der Waals surface area contributed by atoms with E-state index in [1.165, 1.54) is 0 Å². The van der Waals surface area contributed by atoms with Gasteiger partial charge in [-0.25, -0.2) is 0 Å². The Morgan fingerprint density at radius 3 is 2.45 bits per heavy atom. The van der Waals surface area contributed by atoms with Crippen LogP contribution in [0.2, 0.25) is 5.35 Å². The van der Waals surface area contributed by atoms with Crippen molar-refractivity contribution in [2.45, 2.75) is 32.6 Å². The van der Waals surface area contributed by atoms with Gasteiger partial charge in [-0.15, -0.1) is 5.10 Å². The van der Waals surface area contributed by atoms with Gasteiger partial charge in [-0.05, 0) is 18.0 Å². The highest BCUT2D eigenvalue weighted by molar-refractivity contribution is 6.27. The smallest absolute Gasteiger partial charge is 0.312 e. The molecule has 0 unspecified atom stereocenters. The summed E-state index contributed by atoms with van der Waals surface area (Å²) in [5.74, 6) is 0.602. The molecule has 1 heterocycles. The molecule has 0 saturated carbocycles. The Balaban J connectivity index is 2.92. The first kappa shape index (κ1) is 8.53. The summed E-state index contributed by atoms with van der Waals surface area (Å²) in [5.41, 5.74) is -0.0693. The number of rotatable bonds is 2. The second kappa shape index (κ2) is 2.81. The first-order valence-corrected chi connectivity index (χ1v) is 3.93. The third-order valence-corrected chi connectivity index (χ3v) is 2.02. The fourth-order valence-corrected chi connectivity index (χ4v) is 0.741. The number of nitrogens with zero attached hydrogens (tertiary/aromatic N) is 2. The summed E-state index contributed by atoms with van der Waals surface area (Å²) in [6.07, 6.45) is 0.950. The maximum atomic E-state index is 5.48. The summed E-state index contributed by atoms with van der Waals surface area (Å²) in [6, 6.07) is 0. The molecule has 1 rings (SSSR count). The van der Waals surface area contributed by atoms with Crippen LogP contribution < -0.4 is 0 Å². The molecule has 0 bridgehead atoms. The molecule has 3 nitrogen and oxygen atoms in total. The Bertz CT molecular complexity index is 244. The van der Waals surface area contributed by atoms with Crippen molar-refractivity contribution in [3.63, 3.8) is 0 Å². The van der Waals surface area contributed by atoms with Gasteiger partial charge in [0, 0.05) is 5.41 Å². The fourth-order valence-electron chi connectivity index (χ4n) is 0.630. The molecule has 1 aromatic heterocycles. The molecule has 0 saturated heterocycles. The predicted molar refractivity (Wildman–Crippen MR) is 42.6 cm³/mol. The first-order valence-electron chi connectivity index (χ1n) is 3.56. The predicted octanol–water partition coefficient (Wildman–Crippen LogP) is 2.41. The minimum absolute atomic E-state index is 0.0693. The number of hydrogen-bond acceptors (Lipinski definition) is 3. The maximum absolute atomic E-state index is 5.48. The lowest BCUT2D eigenvalue weighted by molar-refractivity contribution is 0.360. The lowest BCUT2D eigenvalue weighted by atomic mass is 9.90. The normalized spacial score (nSPS) is 12.0. The Hall–Kier alpha value is -0.570. The van der Waals surface area contributed by atoms with Gasteiger partial charge in [0.15, 0.2) is 0 Å². The van der Waals surface area contributed by atoms with Crippen LogP contribution in [0.25, 0.3) is 0 Å². The van der Waals surface area contributed by atoms with E-state index in [1.54, 1.807) is 0 Å². The van der Waals surface area contributed by atoms with Crippen LogP contribution in [-0.2, 0) is 5.41 Å². The summed E-state index contributed by atoms with van der Waals surface area (Å²) in [6.45, 7) is 6.14. The van der Waals surface area contributed by atoms with Gasteiger partial charge in [0.25, 0.3) is 0 Å². The zero-order valence-electron chi connectivity index (χ0n) is 6.89. The third kappa shape index (κ3) is 1.71. The van der Waals surface area contributed by atoms with E-state index in [9.17, 15) is 0 Å². The van der Waals surface area contributed by atoms with E-state index in [1.807, 2.05) is 13.8 Å². The van der Waals surface area contributed by atoms with E-state index in [2.05, 4.69) is 17.1 Å². The van der Waals surface area contributed by atoms with Gasteiger partial charge in [0.1, 0.15) is 0 Å². The van der Waals surface area contributed by atoms with Crippen LogP contribution >= 0.6 is 11.6 Å². The van der Waals surface area contributed by atoms with Gasteiger partial charge in [-0.3, -0.25) is 0 Å². The maximum Gasteiger partial charge on any atom is 0.312 e. The van der Waals surface area contributed by atoms with E-state index >= 15 is 0 Å². The second-order valence-electron chi connectivity index (χ2n) is 3.10. The molecule has 0 aliphatic carbocycles. The lowest BCUT2D eigenvalue weighted by Gasteiger charge is -2.16. The van der Waals surface area contributed by atoms with Crippen LogP contribution in [0, 0.1) is 0 Å².